The van der Waals surface area contributed by atoms with Crippen molar-refractivity contribution < 1.29 is 19.1 Å². The van der Waals surface area contributed by atoms with Crippen LogP contribution < -0.4 is 5.32 Å². The molecular weight excluding hydrogens is 234 g/mol. The van der Waals surface area contributed by atoms with Gasteiger partial charge in [-0.05, 0) is 33.6 Å². The van der Waals surface area contributed by atoms with Gasteiger partial charge in [-0.3, -0.25) is 0 Å². The van der Waals surface area contributed by atoms with Crippen LogP contribution in [0.3, 0.4) is 0 Å². The van der Waals surface area contributed by atoms with Crippen LogP contribution in [-0.2, 0) is 14.3 Å². The summed E-state index contributed by atoms with van der Waals surface area (Å²) in [4.78, 5) is 23.0. The first-order chi connectivity index (χ1) is 8.30. The number of amides is 1. The van der Waals surface area contributed by atoms with Crippen LogP contribution in [-0.4, -0.2) is 30.8 Å². The number of alkyl carbamates (subject to hydrolysis) is 1. The van der Waals surface area contributed by atoms with Crippen molar-refractivity contribution in [1.29, 1.82) is 0 Å². The summed E-state index contributed by atoms with van der Waals surface area (Å²) in [6, 6.07) is -0.724. The van der Waals surface area contributed by atoms with Crippen LogP contribution >= 0.6 is 0 Å². The molecule has 5 heteroatoms. The van der Waals surface area contributed by atoms with Crippen molar-refractivity contribution in [1.82, 2.24) is 5.32 Å². The molecule has 1 N–H and O–H groups in total. The maximum Gasteiger partial charge on any atom is 0.408 e. The highest BCUT2D eigenvalue weighted by atomic mass is 16.6. The van der Waals surface area contributed by atoms with Gasteiger partial charge in [0, 0.05) is 6.42 Å². The van der Waals surface area contributed by atoms with E-state index in [9.17, 15) is 9.59 Å². The first-order valence-electron chi connectivity index (χ1n) is 5.81. The standard InChI is InChI=1S/C13H21NO4/c1-6-7-8-9-10(11(15)17-5)14-12(16)18-13(2,3)4/h1,10H,7-9H2,2-5H3,(H,14,16)/t10-/m1/s1. The molecule has 0 aromatic carbocycles. The van der Waals surface area contributed by atoms with Crippen LogP contribution in [0.2, 0.25) is 0 Å². The fourth-order valence-electron chi connectivity index (χ4n) is 1.25. The third-order valence-electron chi connectivity index (χ3n) is 1.99. The van der Waals surface area contributed by atoms with Crippen LogP contribution in [0.1, 0.15) is 40.0 Å². The van der Waals surface area contributed by atoms with Crippen LogP contribution in [0.4, 0.5) is 4.79 Å². The van der Waals surface area contributed by atoms with Crippen molar-refractivity contribution in [2.45, 2.75) is 51.7 Å². The number of hydrogen-bond acceptors (Lipinski definition) is 4. The van der Waals surface area contributed by atoms with E-state index in [0.717, 1.165) is 0 Å². The van der Waals surface area contributed by atoms with Crippen molar-refractivity contribution in [3.63, 3.8) is 0 Å². The number of nitrogens with one attached hydrogen (secondary N) is 1. The summed E-state index contributed by atoms with van der Waals surface area (Å²) in [5.41, 5.74) is -0.608. The number of hydrogen-bond donors (Lipinski definition) is 1. The Balaban J connectivity index is 4.36. The van der Waals surface area contributed by atoms with Gasteiger partial charge in [0.05, 0.1) is 7.11 Å². The fourth-order valence-corrected chi connectivity index (χ4v) is 1.25. The number of methoxy groups -OCH3 is 1. The lowest BCUT2D eigenvalue weighted by atomic mass is 10.1. The largest absolute Gasteiger partial charge is 0.467 e. The summed E-state index contributed by atoms with van der Waals surface area (Å²) in [7, 11) is 1.27. The maximum absolute atomic E-state index is 11.5. The normalized spacial score (nSPS) is 12.2. The van der Waals surface area contributed by atoms with Crippen molar-refractivity contribution in [3.8, 4) is 12.3 Å². The second kappa shape index (κ2) is 7.59. The zero-order valence-electron chi connectivity index (χ0n) is 11.4. The molecule has 0 heterocycles. The van der Waals surface area contributed by atoms with Gasteiger partial charge in [-0.15, -0.1) is 12.3 Å². The van der Waals surface area contributed by atoms with E-state index in [1.54, 1.807) is 20.8 Å². The monoisotopic (exact) mass is 255 g/mol. The third kappa shape index (κ3) is 7.55. The summed E-state index contributed by atoms with van der Waals surface area (Å²) in [6.45, 7) is 5.24. The van der Waals surface area contributed by atoms with Gasteiger partial charge in [0.25, 0.3) is 0 Å². The molecule has 0 unspecified atom stereocenters. The molecule has 0 aliphatic rings. The highest BCUT2D eigenvalue weighted by Gasteiger charge is 2.24. The lowest BCUT2D eigenvalue weighted by molar-refractivity contribution is -0.143. The van der Waals surface area contributed by atoms with E-state index in [0.29, 0.717) is 19.3 Å². The smallest absolute Gasteiger partial charge is 0.408 e. The molecule has 0 aliphatic carbocycles. The number of esters is 1. The average Bonchev–Trinajstić information content (AvgIpc) is 2.24. The molecule has 1 atom stereocenters. The SMILES string of the molecule is C#CCCC[C@@H](NC(=O)OC(C)(C)C)C(=O)OC. The quantitative estimate of drug-likeness (QED) is 0.462. The van der Waals surface area contributed by atoms with Crippen LogP contribution in [0.5, 0.6) is 0 Å². The maximum atomic E-state index is 11.5. The molecule has 0 spiro atoms. The molecule has 0 bridgehead atoms. The molecule has 0 radical (unpaired) electrons. The highest BCUT2D eigenvalue weighted by Crippen LogP contribution is 2.08. The predicted molar refractivity (Wildman–Crippen MR) is 67.9 cm³/mol. The van der Waals surface area contributed by atoms with Gasteiger partial charge >= 0.3 is 12.1 Å². The molecule has 18 heavy (non-hydrogen) atoms. The molecule has 0 fully saturated rings. The Kier molecular flexibility index (Phi) is 6.88. The molecule has 0 saturated carbocycles. The van der Waals surface area contributed by atoms with Gasteiger partial charge < -0.3 is 14.8 Å². The first kappa shape index (κ1) is 16.3. The average molecular weight is 255 g/mol. The summed E-state index contributed by atoms with van der Waals surface area (Å²) in [5.74, 6) is 1.97. The molecular formula is C13H21NO4. The minimum Gasteiger partial charge on any atom is -0.467 e. The third-order valence-corrected chi connectivity index (χ3v) is 1.99. The fraction of sp³-hybridized carbons (Fsp3) is 0.692. The van der Waals surface area contributed by atoms with Crippen LogP contribution in [0, 0.1) is 12.3 Å². The first-order valence-corrected chi connectivity index (χ1v) is 5.81. The van der Waals surface area contributed by atoms with Gasteiger partial charge in [0.2, 0.25) is 0 Å². The van der Waals surface area contributed by atoms with Crippen molar-refractivity contribution >= 4 is 12.1 Å². The van der Waals surface area contributed by atoms with E-state index in [4.69, 9.17) is 11.2 Å². The summed E-state index contributed by atoms with van der Waals surface area (Å²) >= 11 is 0. The van der Waals surface area contributed by atoms with E-state index >= 15 is 0 Å². The van der Waals surface area contributed by atoms with E-state index in [1.807, 2.05) is 0 Å². The van der Waals surface area contributed by atoms with Crippen molar-refractivity contribution in [2.24, 2.45) is 0 Å². The Bertz CT molecular complexity index is 325. The molecule has 0 aromatic rings. The van der Waals surface area contributed by atoms with Gasteiger partial charge in [-0.25, -0.2) is 9.59 Å². The Hall–Kier alpha value is -1.70. The van der Waals surface area contributed by atoms with E-state index in [1.165, 1.54) is 7.11 Å². The van der Waals surface area contributed by atoms with E-state index < -0.39 is 23.7 Å². The summed E-state index contributed by atoms with van der Waals surface area (Å²) in [5, 5.41) is 2.48. The molecule has 0 saturated heterocycles. The molecule has 0 aliphatic heterocycles. The lowest BCUT2D eigenvalue weighted by Gasteiger charge is -2.22. The van der Waals surface area contributed by atoms with E-state index in [-0.39, 0.29) is 0 Å². The Morgan fingerprint density at radius 2 is 2.00 bits per heavy atom. The van der Waals surface area contributed by atoms with Crippen molar-refractivity contribution in [2.75, 3.05) is 7.11 Å². The minimum absolute atomic E-state index is 0.427. The Morgan fingerprint density at radius 3 is 2.44 bits per heavy atom. The van der Waals surface area contributed by atoms with Gasteiger partial charge in [0.1, 0.15) is 11.6 Å². The Morgan fingerprint density at radius 1 is 1.39 bits per heavy atom. The van der Waals surface area contributed by atoms with Crippen molar-refractivity contribution in [3.05, 3.63) is 0 Å². The van der Waals surface area contributed by atoms with Gasteiger partial charge in [-0.1, -0.05) is 0 Å². The molecule has 5 nitrogen and oxygen atoms in total. The zero-order valence-corrected chi connectivity index (χ0v) is 11.4. The lowest BCUT2D eigenvalue weighted by Crippen LogP contribution is -2.44. The number of carbonyl (C=O) groups excluding carboxylic acids is 2. The number of rotatable bonds is 5. The molecule has 102 valence electrons. The van der Waals surface area contributed by atoms with Crippen LogP contribution in [0.25, 0.3) is 0 Å². The van der Waals surface area contributed by atoms with Crippen LogP contribution in [0.15, 0.2) is 0 Å². The number of unbranched alkanes of at least 4 members (excludes halogenated alkanes) is 1. The van der Waals surface area contributed by atoms with E-state index in [2.05, 4.69) is 16.0 Å². The number of carbonyl (C=O) groups is 2. The molecule has 0 aromatic heterocycles. The summed E-state index contributed by atoms with van der Waals surface area (Å²) in [6.07, 6.45) is 6.09. The topological polar surface area (TPSA) is 64.6 Å². The number of terminal acetylenes is 1. The highest BCUT2D eigenvalue weighted by molar-refractivity contribution is 5.81. The molecule has 0 rings (SSSR count). The Labute approximate surface area is 108 Å². The second-order valence-corrected chi connectivity index (χ2v) is 4.82. The minimum atomic E-state index is -0.724. The zero-order chi connectivity index (χ0) is 14.2. The second-order valence-electron chi connectivity index (χ2n) is 4.82. The predicted octanol–water partition coefficient (Wildman–Crippen LogP) is 1.86. The van der Waals surface area contributed by atoms with Gasteiger partial charge in [0.15, 0.2) is 0 Å². The number of ether oxygens (including phenoxy) is 2. The molecule has 1 amide bonds. The van der Waals surface area contributed by atoms with Gasteiger partial charge in [-0.2, -0.15) is 0 Å². The summed E-state index contributed by atoms with van der Waals surface area (Å²) < 4.78 is 9.68.